The molecule has 1 spiro atoms. The second-order valence-corrected chi connectivity index (χ2v) is 7.95. The molecule has 2 aliphatic rings. The van der Waals surface area contributed by atoms with Crippen molar-refractivity contribution in [1.29, 1.82) is 0 Å². The Labute approximate surface area is 164 Å². The van der Waals surface area contributed by atoms with Crippen molar-refractivity contribution in [3.63, 3.8) is 0 Å². The lowest BCUT2D eigenvalue weighted by Crippen LogP contribution is -2.55. The molecule has 0 bridgehead atoms. The summed E-state index contributed by atoms with van der Waals surface area (Å²) < 4.78 is 5.14. The van der Waals surface area contributed by atoms with Gasteiger partial charge in [0.15, 0.2) is 0 Å². The predicted molar refractivity (Wildman–Crippen MR) is 103 cm³/mol. The number of fused-ring (bicyclic) bond motifs is 1. The quantitative estimate of drug-likeness (QED) is 0.775. The first-order valence-corrected chi connectivity index (χ1v) is 9.93. The molecule has 2 amide bonds. The van der Waals surface area contributed by atoms with Crippen molar-refractivity contribution < 1.29 is 14.3 Å². The third-order valence-electron chi connectivity index (χ3n) is 5.93. The lowest BCUT2D eigenvalue weighted by molar-refractivity contribution is -0.144. The average molecular weight is 385 g/mol. The standard InChI is InChI=1S/C20H27N5O3/c1-28-12-11-24-15-20(9-7-18(24)26)8-4-10-23(14-20)19(27)13-25-21-16-5-2-3-6-17(16)22-25/h2-3,5-6H,4,7-15H2,1H3. The second kappa shape index (κ2) is 7.87. The average Bonchev–Trinajstić information content (AvgIpc) is 3.11. The zero-order chi connectivity index (χ0) is 19.6. The van der Waals surface area contributed by atoms with Crippen LogP contribution in [0.1, 0.15) is 25.7 Å². The maximum atomic E-state index is 12.9. The molecule has 28 heavy (non-hydrogen) atoms. The molecule has 8 heteroatoms. The Balaban J connectivity index is 1.42. The number of ether oxygens (including phenoxy) is 1. The van der Waals surface area contributed by atoms with Gasteiger partial charge in [0, 0.05) is 45.1 Å². The number of carbonyl (C=O) groups is 2. The number of carbonyl (C=O) groups excluding carboxylic acids is 2. The minimum atomic E-state index is -0.00216. The molecule has 4 rings (SSSR count). The highest BCUT2D eigenvalue weighted by Crippen LogP contribution is 2.38. The number of hydrogen-bond acceptors (Lipinski definition) is 5. The first kappa shape index (κ1) is 18.9. The van der Waals surface area contributed by atoms with E-state index in [2.05, 4.69) is 10.2 Å². The molecule has 0 radical (unpaired) electrons. The maximum Gasteiger partial charge on any atom is 0.246 e. The Morgan fingerprint density at radius 2 is 1.93 bits per heavy atom. The molecule has 0 saturated carbocycles. The van der Waals surface area contributed by atoms with E-state index >= 15 is 0 Å². The fourth-order valence-corrected chi connectivity index (χ4v) is 4.46. The van der Waals surface area contributed by atoms with Gasteiger partial charge in [-0.1, -0.05) is 12.1 Å². The van der Waals surface area contributed by atoms with Gasteiger partial charge in [-0.3, -0.25) is 9.59 Å². The number of benzene rings is 1. The van der Waals surface area contributed by atoms with E-state index in [1.807, 2.05) is 34.1 Å². The number of hydrogen-bond donors (Lipinski definition) is 0. The molecule has 1 aromatic carbocycles. The van der Waals surface area contributed by atoms with Crippen LogP contribution in [0.15, 0.2) is 24.3 Å². The van der Waals surface area contributed by atoms with E-state index in [4.69, 9.17) is 4.74 Å². The first-order chi connectivity index (χ1) is 13.6. The Kier molecular flexibility index (Phi) is 5.30. The summed E-state index contributed by atoms with van der Waals surface area (Å²) in [6.45, 7) is 3.48. The van der Waals surface area contributed by atoms with Crippen molar-refractivity contribution in [3.8, 4) is 0 Å². The highest BCUT2D eigenvalue weighted by atomic mass is 16.5. The summed E-state index contributed by atoms with van der Waals surface area (Å²) in [5, 5.41) is 8.80. The Morgan fingerprint density at radius 1 is 1.18 bits per heavy atom. The smallest absolute Gasteiger partial charge is 0.246 e. The molecule has 1 atom stereocenters. The molecule has 2 aliphatic heterocycles. The van der Waals surface area contributed by atoms with E-state index in [0.29, 0.717) is 32.7 Å². The van der Waals surface area contributed by atoms with Crippen LogP contribution < -0.4 is 0 Å². The second-order valence-electron chi connectivity index (χ2n) is 7.95. The molecule has 8 nitrogen and oxygen atoms in total. The molecule has 1 unspecified atom stereocenters. The lowest BCUT2D eigenvalue weighted by atomic mass is 9.73. The van der Waals surface area contributed by atoms with Crippen LogP contribution in [0, 0.1) is 5.41 Å². The van der Waals surface area contributed by atoms with E-state index in [1.54, 1.807) is 7.11 Å². The third-order valence-corrected chi connectivity index (χ3v) is 5.93. The van der Waals surface area contributed by atoms with Crippen LogP contribution in [0.4, 0.5) is 0 Å². The van der Waals surface area contributed by atoms with Crippen LogP contribution in [-0.2, 0) is 20.9 Å². The normalized spacial score (nSPS) is 23.0. The molecule has 2 saturated heterocycles. The van der Waals surface area contributed by atoms with Gasteiger partial charge in [0.2, 0.25) is 11.8 Å². The van der Waals surface area contributed by atoms with Crippen LogP contribution in [0.2, 0.25) is 0 Å². The van der Waals surface area contributed by atoms with Gasteiger partial charge >= 0.3 is 0 Å². The predicted octanol–water partition coefficient (Wildman–Crippen LogP) is 1.31. The third kappa shape index (κ3) is 3.87. The summed E-state index contributed by atoms with van der Waals surface area (Å²) >= 11 is 0. The maximum absolute atomic E-state index is 12.9. The van der Waals surface area contributed by atoms with E-state index in [0.717, 1.165) is 36.8 Å². The van der Waals surface area contributed by atoms with Crippen molar-refractivity contribution >= 4 is 22.8 Å². The van der Waals surface area contributed by atoms with Crippen LogP contribution >= 0.6 is 0 Å². The summed E-state index contributed by atoms with van der Waals surface area (Å²) in [5.74, 6) is 0.235. The molecule has 2 aromatic rings. The van der Waals surface area contributed by atoms with Gasteiger partial charge in [-0.05, 0) is 31.4 Å². The fourth-order valence-electron chi connectivity index (χ4n) is 4.46. The largest absolute Gasteiger partial charge is 0.383 e. The Bertz CT molecular complexity index is 833. The number of nitrogens with zero attached hydrogens (tertiary/aromatic N) is 5. The highest BCUT2D eigenvalue weighted by Gasteiger charge is 2.42. The number of rotatable bonds is 5. The van der Waals surface area contributed by atoms with Gasteiger partial charge in [0.25, 0.3) is 0 Å². The SMILES string of the molecule is COCCN1CC2(CCCN(C(=O)Cn3nc4ccccc4n3)C2)CCC1=O. The summed E-state index contributed by atoms with van der Waals surface area (Å²) in [7, 11) is 1.65. The fraction of sp³-hybridized carbons (Fsp3) is 0.600. The highest BCUT2D eigenvalue weighted by molar-refractivity contribution is 5.78. The number of likely N-dealkylation sites (tertiary alicyclic amines) is 2. The molecule has 150 valence electrons. The van der Waals surface area contributed by atoms with Gasteiger partial charge in [-0.25, -0.2) is 0 Å². The minimum absolute atomic E-state index is 0.00216. The van der Waals surface area contributed by atoms with E-state index in [-0.39, 0.29) is 23.8 Å². The Morgan fingerprint density at radius 3 is 2.64 bits per heavy atom. The van der Waals surface area contributed by atoms with Crippen molar-refractivity contribution in [1.82, 2.24) is 24.8 Å². The van der Waals surface area contributed by atoms with Gasteiger partial charge in [-0.15, -0.1) is 0 Å². The number of piperidine rings is 2. The van der Waals surface area contributed by atoms with Crippen LogP contribution in [0.25, 0.3) is 11.0 Å². The van der Waals surface area contributed by atoms with Crippen molar-refractivity contribution in [2.75, 3.05) is 39.9 Å². The molecule has 0 aliphatic carbocycles. The van der Waals surface area contributed by atoms with Crippen LogP contribution in [0.3, 0.4) is 0 Å². The summed E-state index contributed by atoms with van der Waals surface area (Å²) in [5.41, 5.74) is 1.59. The first-order valence-electron chi connectivity index (χ1n) is 9.93. The lowest BCUT2D eigenvalue weighted by Gasteiger charge is -2.48. The van der Waals surface area contributed by atoms with Crippen molar-refractivity contribution in [2.45, 2.75) is 32.2 Å². The van der Waals surface area contributed by atoms with Gasteiger partial charge < -0.3 is 14.5 Å². The molecule has 2 fully saturated rings. The van der Waals surface area contributed by atoms with Crippen molar-refractivity contribution in [2.24, 2.45) is 5.41 Å². The minimum Gasteiger partial charge on any atom is -0.383 e. The molecule has 0 N–H and O–H groups in total. The van der Waals surface area contributed by atoms with Gasteiger partial charge in [0.1, 0.15) is 17.6 Å². The molecular weight excluding hydrogens is 358 g/mol. The van der Waals surface area contributed by atoms with E-state index < -0.39 is 0 Å². The van der Waals surface area contributed by atoms with Crippen LogP contribution in [0.5, 0.6) is 0 Å². The van der Waals surface area contributed by atoms with Gasteiger partial charge in [0.05, 0.1) is 6.61 Å². The monoisotopic (exact) mass is 385 g/mol. The van der Waals surface area contributed by atoms with Gasteiger partial charge in [-0.2, -0.15) is 15.0 Å². The summed E-state index contributed by atoms with van der Waals surface area (Å²) in [6, 6.07) is 7.62. The zero-order valence-corrected chi connectivity index (χ0v) is 16.3. The summed E-state index contributed by atoms with van der Waals surface area (Å²) in [6.07, 6.45) is 3.42. The number of methoxy groups -OCH3 is 1. The van der Waals surface area contributed by atoms with Crippen molar-refractivity contribution in [3.05, 3.63) is 24.3 Å². The van der Waals surface area contributed by atoms with E-state index in [1.165, 1.54) is 4.80 Å². The number of aromatic nitrogens is 3. The Hall–Kier alpha value is -2.48. The molecule has 1 aromatic heterocycles. The number of amides is 2. The summed E-state index contributed by atoms with van der Waals surface area (Å²) in [4.78, 5) is 30.5. The molecule has 3 heterocycles. The topological polar surface area (TPSA) is 80.6 Å². The zero-order valence-electron chi connectivity index (χ0n) is 16.3. The van der Waals surface area contributed by atoms with Crippen LogP contribution in [-0.4, -0.2) is 76.5 Å². The molecular formula is C20H27N5O3. The van der Waals surface area contributed by atoms with E-state index in [9.17, 15) is 9.59 Å².